The van der Waals surface area contributed by atoms with E-state index in [2.05, 4.69) is 0 Å². The summed E-state index contributed by atoms with van der Waals surface area (Å²) >= 11 is 12.0. The smallest absolute Gasteiger partial charge is 0.273 e. The number of nitrogens with zero attached hydrogens (tertiary/aromatic N) is 2. The number of hydrogen-bond acceptors (Lipinski definition) is 4. The number of carbonyl (C=O) groups excluding carboxylic acids is 4. The lowest BCUT2D eigenvalue weighted by atomic mass is 10.0. The van der Waals surface area contributed by atoms with Crippen LogP contribution in [0.2, 0.25) is 10.0 Å². The molecule has 0 unspecified atom stereocenters. The molecule has 1 aliphatic rings. The van der Waals surface area contributed by atoms with Gasteiger partial charge >= 0.3 is 0 Å². The van der Waals surface area contributed by atoms with E-state index < -0.39 is 29.5 Å². The quantitative estimate of drug-likeness (QED) is 0.501. The van der Waals surface area contributed by atoms with Crippen LogP contribution in [-0.2, 0) is 9.59 Å². The van der Waals surface area contributed by atoms with Gasteiger partial charge in [0.25, 0.3) is 5.91 Å². The molecule has 156 valence electrons. The van der Waals surface area contributed by atoms with E-state index in [0.29, 0.717) is 12.0 Å². The van der Waals surface area contributed by atoms with Crippen molar-refractivity contribution in [2.24, 2.45) is 0 Å². The summed E-state index contributed by atoms with van der Waals surface area (Å²) in [5.41, 5.74) is 1.46. The highest BCUT2D eigenvalue weighted by Crippen LogP contribution is 2.26. The molecule has 6 nitrogen and oxygen atoms in total. The molecule has 3 rings (SSSR count). The van der Waals surface area contributed by atoms with Gasteiger partial charge in [0.15, 0.2) is 5.78 Å². The molecule has 2 aromatic carbocycles. The van der Waals surface area contributed by atoms with E-state index in [0.717, 1.165) is 15.6 Å². The summed E-state index contributed by atoms with van der Waals surface area (Å²) in [7, 11) is 0. The summed E-state index contributed by atoms with van der Waals surface area (Å²) in [6.07, 6.45) is 0.633. The number of ketones is 1. The van der Waals surface area contributed by atoms with E-state index in [1.807, 2.05) is 6.92 Å². The first kappa shape index (κ1) is 22.0. The van der Waals surface area contributed by atoms with Crippen LogP contribution in [0.1, 0.15) is 52.5 Å². The average molecular weight is 447 g/mol. The topological polar surface area (TPSA) is 74.8 Å². The zero-order valence-electron chi connectivity index (χ0n) is 16.5. The Kier molecular flexibility index (Phi) is 6.58. The van der Waals surface area contributed by atoms with Gasteiger partial charge < -0.3 is 0 Å². The summed E-state index contributed by atoms with van der Waals surface area (Å²) in [6, 6.07) is 9.99. The Hall–Kier alpha value is -2.70. The van der Waals surface area contributed by atoms with Crippen LogP contribution in [0.15, 0.2) is 42.5 Å². The fraction of sp³-hybridized carbons (Fsp3) is 0.273. The van der Waals surface area contributed by atoms with E-state index in [9.17, 15) is 19.2 Å². The predicted molar refractivity (Wildman–Crippen MR) is 113 cm³/mol. The zero-order valence-corrected chi connectivity index (χ0v) is 18.0. The number of carbonyl (C=O) groups is 4. The first-order chi connectivity index (χ1) is 14.2. The van der Waals surface area contributed by atoms with Crippen molar-refractivity contribution in [1.29, 1.82) is 0 Å². The SMILES string of the molecule is Cc1ccc(C(=O)[C@@H](C)N(C(=O)c2ccc(Cl)c(Cl)c2)N2C(=O)CCCC2=O)cc1. The molecule has 1 atom stereocenters. The molecule has 1 saturated heterocycles. The zero-order chi connectivity index (χ0) is 22.0. The molecule has 0 aromatic heterocycles. The maximum Gasteiger partial charge on any atom is 0.273 e. The summed E-state index contributed by atoms with van der Waals surface area (Å²) < 4.78 is 0. The molecule has 30 heavy (non-hydrogen) atoms. The third-order valence-electron chi connectivity index (χ3n) is 4.93. The third kappa shape index (κ3) is 4.40. The lowest BCUT2D eigenvalue weighted by Crippen LogP contribution is -2.59. The molecule has 1 aliphatic heterocycles. The van der Waals surface area contributed by atoms with Gasteiger partial charge in [-0.3, -0.25) is 19.2 Å². The fourth-order valence-electron chi connectivity index (χ4n) is 3.25. The first-order valence-electron chi connectivity index (χ1n) is 9.46. The summed E-state index contributed by atoms with van der Waals surface area (Å²) in [6.45, 7) is 3.38. The van der Waals surface area contributed by atoms with E-state index in [1.165, 1.54) is 25.1 Å². The second-order valence-corrected chi connectivity index (χ2v) is 7.95. The number of imide groups is 1. The molecule has 0 radical (unpaired) electrons. The van der Waals surface area contributed by atoms with Crippen molar-refractivity contribution in [2.75, 3.05) is 0 Å². The molecular formula is C22H20Cl2N2O4. The maximum atomic E-state index is 13.4. The predicted octanol–water partition coefficient (Wildman–Crippen LogP) is 4.47. The minimum absolute atomic E-state index is 0.110. The van der Waals surface area contributed by atoms with E-state index in [1.54, 1.807) is 24.3 Å². The van der Waals surface area contributed by atoms with Crippen LogP contribution >= 0.6 is 23.2 Å². The van der Waals surface area contributed by atoms with E-state index >= 15 is 0 Å². The maximum absolute atomic E-state index is 13.4. The van der Waals surface area contributed by atoms with E-state index in [4.69, 9.17) is 23.2 Å². The molecule has 1 heterocycles. The highest BCUT2D eigenvalue weighted by Gasteiger charge is 2.40. The number of hydrogen-bond donors (Lipinski definition) is 0. The van der Waals surface area contributed by atoms with Crippen LogP contribution in [-0.4, -0.2) is 39.6 Å². The number of hydrazine groups is 1. The molecule has 0 bridgehead atoms. The molecule has 3 amide bonds. The summed E-state index contributed by atoms with van der Waals surface area (Å²) in [4.78, 5) is 51.6. The molecule has 0 aliphatic carbocycles. The van der Waals surface area contributed by atoms with Gasteiger partial charge in [0, 0.05) is 24.0 Å². The van der Waals surface area contributed by atoms with Crippen LogP contribution in [0.3, 0.4) is 0 Å². The Morgan fingerprint density at radius 3 is 2.07 bits per heavy atom. The van der Waals surface area contributed by atoms with Gasteiger partial charge in [0.05, 0.1) is 10.0 Å². The Morgan fingerprint density at radius 2 is 1.50 bits per heavy atom. The normalized spacial score (nSPS) is 15.1. The van der Waals surface area contributed by atoms with Crippen LogP contribution in [0, 0.1) is 6.92 Å². The van der Waals surface area contributed by atoms with Gasteiger partial charge in [0.2, 0.25) is 11.8 Å². The van der Waals surface area contributed by atoms with Gasteiger partial charge in [-0.15, -0.1) is 0 Å². The second-order valence-electron chi connectivity index (χ2n) is 7.14. The largest absolute Gasteiger partial charge is 0.292 e. The van der Waals surface area contributed by atoms with Crippen molar-refractivity contribution in [1.82, 2.24) is 10.0 Å². The van der Waals surface area contributed by atoms with Gasteiger partial charge in [-0.05, 0) is 38.5 Å². The standard InChI is InChI=1S/C22H20Cl2N2O4/c1-13-6-8-15(9-7-13)21(29)14(2)25(26-19(27)4-3-5-20(26)28)22(30)16-10-11-17(23)18(24)12-16/h6-12,14H,3-5H2,1-2H3/t14-/m1/s1. The Labute approximate surface area is 184 Å². The number of amides is 3. The van der Waals surface area contributed by atoms with Crippen molar-refractivity contribution in [2.45, 2.75) is 39.2 Å². The van der Waals surface area contributed by atoms with Crippen molar-refractivity contribution < 1.29 is 19.2 Å². The number of aryl methyl sites for hydroxylation is 1. The van der Waals surface area contributed by atoms with Crippen molar-refractivity contribution >= 4 is 46.7 Å². The first-order valence-corrected chi connectivity index (χ1v) is 10.2. The molecule has 0 saturated carbocycles. The van der Waals surface area contributed by atoms with Crippen LogP contribution in [0.25, 0.3) is 0 Å². The van der Waals surface area contributed by atoms with Gasteiger partial charge in [-0.1, -0.05) is 53.0 Å². The molecule has 0 spiro atoms. The molecule has 2 aromatic rings. The fourth-order valence-corrected chi connectivity index (χ4v) is 3.55. The van der Waals surface area contributed by atoms with Gasteiger partial charge in [-0.25, -0.2) is 5.01 Å². The number of benzene rings is 2. The van der Waals surface area contributed by atoms with Crippen LogP contribution < -0.4 is 0 Å². The number of rotatable bonds is 5. The number of piperidine rings is 1. The van der Waals surface area contributed by atoms with Crippen LogP contribution in [0.4, 0.5) is 0 Å². The monoisotopic (exact) mass is 446 g/mol. The van der Waals surface area contributed by atoms with Crippen molar-refractivity contribution in [3.63, 3.8) is 0 Å². The van der Waals surface area contributed by atoms with Gasteiger partial charge in [-0.2, -0.15) is 5.01 Å². The van der Waals surface area contributed by atoms with Crippen LogP contribution in [0.5, 0.6) is 0 Å². The van der Waals surface area contributed by atoms with Crippen molar-refractivity contribution in [3.8, 4) is 0 Å². The third-order valence-corrected chi connectivity index (χ3v) is 5.67. The minimum atomic E-state index is -1.10. The molecule has 8 heteroatoms. The Balaban J connectivity index is 2.04. The number of halogens is 2. The molecule has 1 fully saturated rings. The summed E-state index contributed by atoms with van der Waals surface area (Å²) in [5, 5.41) is 2.14. The lowest BCUT2D eigenvalue weighted by molar-refractivity contribution is -0.165. The highest BCUT2D eigenvalue weighted by atomic mass is 35.5. The van der Waals surface area contributed by atoms with Crippen molar-refractivity contribution in [3.05, 3.63) is 69.2 Å². The van der Waals surface area contributed by atoms with Gasteiger partial charge in [0.1, 0.15) is 6.04 Å². The second kappa shape index (κ2) is 8.98. The van der Waals surface area contributed by atoms with E-state index in [-0.39, 0.29) is 28.5 Å². The average Bonchev–Trinajstić information content (AvgIpc) is 2.72. The lowest BCUT2D eigenvalue weighted by Gasteiger charge is -2.38. The highest BCUT2D eigenvalue weighted by molar-refractivity contribution is 6.42. The minimum Gasteiger partial charge on any atom is -0.292 e. The summed E-state index contributed by atoms with van der Waals surface area (Å²) in [5.74, 6) is -2.13. The number of Topliss-reactive ketones (excluding diaryl/α,β-unsaturated/α-hetero) is 1. The Bertz CT molecular complexity index is 1000. The molecule has 0 N–H and O–H groups in total. The molecular weight excluding hydrogens is 427 g/mol. The Morgan fingerprint density at radius 1 is 0.933 bits per heavy atom.